The molecule has 0 saturated heterocycles. The van der Waals surface area contributed by atoms with Gasteiger partial charge in [-0.05, 0) is 72.4 Å². The lowest BCUT2D eigenvalue weighted by atomic mass is 9.95. The van der Waals surface area contributed by atoms with Gasteiger partial charge in [0.2, 0.25) is 0 Å². The van der Waals surface area contributed by atoms with Crippen molar-refractivity contribution in [3.63, 3.8) is 0 Å². The highest BCUT2D eigenvalue weighted by molar-refractivity contribution is 7.98. The van der Waals surface area contributed by atoms with Crippen LogP contribution in [0.4, 0.5) is 0 Å². The standard InChI is InChI=1S/C28H25N3O3S/c1-16(2)21-13-22-19(12-26(32)34-24(22)11-18(21)4)15-35-28-30-23-8-6-5-7-20(23)27(33)31(28)25-10-9-17(3)14-29-25/h5-14,16H,15H2,1-4H3. The maximum absolute atomic E-state index is 13.5. The van der Waals surface area contributed by atoms with Gasteiger partial charge in [-0.15, -0.1) is 0 Å². The molecule has 2 aromatic carbocycles. The van der Waals surface area contributed by atoms with E-state index in [1.54, 1.807) is 16.8 Å². The Labute approximate surface area is 206 Å². The minimum absolute atomic E-state index is 0.176. The second-order valence-electron chi connectivity index (χ2n) is 8.98. The molecular formula is C28H25N3O3S. The van der Waals surface area contributed by atoms with Crippen LogP contribution in [-0.4, -0.2) is 14.5 Å². The molecule has 0 fully saturated rings. The molecule has 0 unspecified atom stereocenters. The summed E-state index contributed by atoms with van der Waals surface area (Å²) in [6.45, 7) is 8.28. The van der Waals surface area contributed by atoms with E-state index in [2.05, 4.69) is 24.9 Å². The number of pyridine rings is 1. The summed E-state index contributed by atoms with van der Waals surface area (Å²) in [4.78, 5) is 35.1. The monoisotopic (exact) mass is 483 g/mol. The van der Waals surface area contributed by atoms with Gasteiger partial charge in [-0.2, -0.15) is 0 Å². The van der Waals surface area contributed by atoms with E-state index in [1.165, 1.54) is 23.4 Å². The number of fused-ring (bicyclic) bond motifs is 2. The van der Waals surface area contributed by atoms with E-state index in [9.17, 15) is 9.59 Å². The fraction of sp³-hybridized carbons (Fsp3) is 0.214. The lowest BCUT2D eigenvalue weighted by Crippen LogP contribution is -2.22. The molecular weight excluding hydrogens is 458 g/mol. The smallest absolute Gasteiger partial charge is 0.336 e. The quantitative estimate of drug-likeness (QED) is 0.175. The van der Waals surface area contributed by atoms with Crippen LogP contribution in [0.15, 0.2) is 80.0 Å². The predicted molar refractivity (Wildman–Crippen MR) is 141 cm³/mol. The highest BCUT2D eigenvalue weighted by atomic mass is 32.2. The Hall–Kier alpha value is -3.71. The van der Waals surface area contributed by atoms with Crippen LogP contribution in [0.1, 0.15) is 42.0 Å². The second-order valence-corrected chi connectivity index (χ2v) is 9.93. The average molecular weight is 484 g/mol. The van der Waals surface area contributed by atoms with Crippen molar-refractivity contribution in [3.05, 3.63) is 104 Å². The van der Waals surface area contributed by atoms with Crippen LogP contribution in [0.2, 0.25) is 0 Å². The van der Waals surface area contributed by atoms with Crippen LogP contribution in [0.5, 0.6) is 0 Å². The summed E-state index contributed by atoms with van der Waals surface area (Å²) in [6, 6.07) is 16.6. The topological polar surface area (TPSA) is 78.0 Å². The van der Waals surface area contributed by atoms with Gasteiger partial charge in [0.15, 0.2) is 5.16 Å². The Balaban J connectivity index is 1.64. The van der Waals surface area contributed by atoms with Gasteiger partial charge in [0.1, 0.15) is 11.4 Å². The Morgan fingerprint density at radius 1 is 1.00 bits per heavy atom. The first-order chi connectivity index (χ1) is 16.8. The summed E-state index contributed by atoms with van der Waals surface area (Å²) >= 11 is 1.40. The largest absolute Gasteiger partial charge is 0.423 e. The van der Waals surface area contributed by atoms with Gasteiger partial charge < -0.3 is 4.42 Å². The first-order valence-corrected chi connectivity index (χ1v) is 12.5. The summed E-state index contributed by atoms with van der Waals surface area (Å²) in [5, 5.41) is 1.94. The molecule has 0 spiro atoms. The zero-order valence-corrected chi connectivity index (χ0v) is 20.8. The molecule has 6 nitrogen and oxygen atoms in total. The Morgan fingerprint density at radius 2 is 1.80 bits per heavy atom. The summed E-state index contributed by atoms with van der Waals surface area (Å²) in [6.07, 6.45) is 1.73. The molecule has 0 atom stereocenters. The summed E-state index contributed by atoms with van der Waals surface area (Å²) in [5.41, 5.74) is 4.77. The maximum atomic E-state index is 13.5. The number of aryl methyl sites for hydroxylation is 2. The fourth-order valence-corrected chi connectivity index (χ4v) is 5.27. The molecule has 35 heavy (non-hydrogen) atoms. The van der Waals surface area contributed by atoms with Crippen molar-refractivity contribution in [2.45, 2.75) is 44.5 Å². The molecule has 0 bridgehead atoms. The van der Waals surface area contributed by atoms with Crippen LogP contribution in [0.3, 0.4) is 0 Å². The molecule has 0 amide bonds. The van der Waals surface area contributed by atoms with Crippen LogP contribution < -0.4 is 11.2 Å². The summed E-state index contributed by atoms with van der Waals surface area (Å²) in [5.74, 6) is 1.29. The lowest BCUT2D eigenvalue weighted by molar-refractivity contribution is 0.559. The number of rotatable bonds is 5. The Bertz CT molecular complexity index is 1690. The predicted octanol–water partition coefficient (Wildman–Crippen LogP) is 5.92. The molecule has 0 saturated carbocycles. The van der Waals surface area contributed by atoms with Crippen molar-refractivity contribution in [1.82, 2.24) is 14.5 Å². The number of benzene rings is 2. The third-order valence-corrected chi connectivity index (χ3v) is 7.05. The molecule has 5 aromatic rings. The highest BCUT2D eigenvalue weighted by Gasteiger charge is 2.16. The summed E-state index contributed by atoms with van der Waals surface area (Å²) in [7, 11) is 0. The van der Waals surface area contributed by atoms with E-state index in [1.807, 2.05) is 50.2 Å². The zero-order chi connectivity index (χ0) is 24.7. The normalized spacial score (nSPS) is 11.6. The molecule has 0 aliphatic heterocycles. The van der Waals surface area contributed by atoms with Gasteiger partial charge in [-0.1, -0.05) is 43.8 Å². The molecule has 0 aliphatic rings. The fourth-order valence-electron chi connectivity index (χ4n) is 4.28. The molecule has 0 N–H and O–H groups in total. The number of nitrogens with zero attached hydrogens (tertiary/aromatic N) is 3. The van der Waals surface area contributed by atoms with Crippen LogP contribution in [0, 0.1) is 13.8 Å². The van der Waals surface area contributed by atoms with Gasteiger partial charge in [-0.3, -0.25) is 4.79 Å². The van der Waals surface area contributed by atoms with E-state index in [0.717, 1.165) is 22.1 Å². The van der Waals surface area contributed by atoms with E-state index < -0.39 is 5.63 Å². The van der Waals surface area contributed by atoms with Crippen molar-refractivity contribution in [1.29, 1.82) is 0 Å². The van der Waals surface area contributed by atoms with Crippen molar-refractivity contribution in [2.75, 3.05) is 0 Å². The molecule has 176 valence electrons. The molecule has 7 heteroatoms. The number of thioether (sulfide) groups is 1. The van der Waals surface area contributed by atoms with Gasteiger partial charge in [0.05, 0.1) is 10.9 Å². The number of hydrogen-bond acceptors (Lipinski definition) is 6. The SMILES string of the molecule is Cc1ccc(-n2c(SCc3cc(=O)oc4cc(C)c(C(C)C)cc34)nc3ccccc3c2=O)nc1. The first-order valence-electron chi connectivity index (χ1n) is 11.5. The second kappa shape index (κ2) is 9.15. The van der Waals surface area contributed by atoms with Crippen molar-refractivity contribution in [3.8, 4) is 5.82 Å². The molecule has 5 rings (SSSR count). The van der Waals surface area contributed by atoms with E-state index in [-0.39, 0.29) is 5.56 Å². The van der Waals surface area contributed by atoms with E-state index in [4.69, 9.17) is 9.40 Å². The third-order valence-electron chi connectivity index (χ3n) is 6.07. The van der Waals surface area contributed by atoms with Crippen molar-refractivity contribution < 1.29 is 4.42 Å². The van der Waals surface area contributed by atoms with Gasteiger partial charge in [0.25, 0.3) is 5.56 Å². The van der Waals surface area contributed by atoms with Crippen LogP contribution >= 0.6 is 11.8 Å². The number of aromatic nitrogens is 3. The third kappa shape index (κ3) is 4.39. The van der Waals surface area contributed by atoms with Crippen LogP contribution in [0.25, 0.3) is 27.7 Å². The number of hydrogen-bond donors (Lipinski definition) is 0. The maximum Gasteiger partial charge on any atom is 0.336 e. The zero-order valence-electron chi connectivity index (χ0n) is 20.0. The Kier molecular flexibility index (Phi) is 6.03. The van der Waals surface area contributed by atoms with Crippen molar-refractivity contribution >= 4 is 33.6 Å². The van der Waals surface area contributed by atoms with Crippen LogP contribution in [-0.2, 0) is 5.75 Å². The average Bonchev–Trinajstić information content (AvgIpc) is 2.82. The first kappa shape index (κ1) is 23.1. The van der Waals surface area contributed by atoms with Gasteiger partial charge in [-0.25, -0.2) is 19.3 Å². The van der Waals surface area contributed by atoms with Gasteiger partial charge >= 0.3 is 5.63 Å². The van der Waals surface area contributed by atoms with E-state index in [0.29, 0.717) is 39.1 Å². The molecule has 3 heterocycles. The van der Waals surface area contributed by atoms with E-state index >= 15 is 0 Å². The molecule has 0 radical (unpaired) electrons. The summed E-state index contributed by atoms with van der Waals surface area (Å²) < 4.78 is 7.05. The lowest BCUT2D eigenvalue weighted by Gasteiger charge is -2.14. The highest BCUT2D eigenvalue weighted by Crippen LogP contribution is 2.30. The number of para-hydroxylation sites is 1. The molecule has 0 aliphatic carbocycles. The molecule has 3 aromatic heterocycles. The minimum atomic E-state index is -0.395. The van der Waals surface area contributed by atoms with Gasteiger partial charge in [0, 0.05) is 23.4 Å². The van der Waals surface area contributed by atoms with Crippen molar-refractivity contribution in [2.24, 2.45) is 0 Å². The minimum Gasteiger partial charge on any atom is -0.423 e. The Morgan fingerprint density at radius 3 is 2.54 bits per heavy atom.